The van der Waals surface area contributed by atoms with Gasteiger partial charge in [0.2, 0.25) is 5.91 Å². The number of rotatable bonds is 3. The van der Waals surface area contributed by atoms with E-state index in [0.717, 1.165) is 23.2 Å². The van der Waals surface area contributed by atoms with E-state index in [4.69, 9.17) is 0 Å². The Morgan fingerprint density at radius 2 is 2.32 bits per heavy atom. The molecular formula is C13H20BrClN2OS. The van der Waals surface area contributed by atoms with Crippen LogP contribution in [-0.2, 0) is 11.3 Å². The fourth-order valence-corrected chi connectivity index (χ4v) is 3.95. The van der Waals surface area contributed by atoms with Crippen LogP contribution in [0.5, 0.6) is 0 Å². The quantitative estimate of drug-likeness (QED) is 0.889. The molecular weight excluding hydrogens is 348 g/mol. The van der Waals surface area contributed by atoms with Gasteiger partial charge in [0.05, 0.1) is 10.3 Å². The van der Waals surface area contributed by atoms with Crippen molar-refractivity contribution in [3.63, 3.8) is 0 Å². The van der Waals surface area contributed by atoms with E-state index < -0.39 is 0 Å². The number of carbonyl (C=O) groups is 1. The van der Waals surface area contributed by atoms with Gasteiger partial charge in [-0.25, -0.2) is 0 Å². The largest absolute Gasteiger partial charge is 0.340 e. The third kappa shape index (κ3) is 4.74. The number of carbonyl (C=O) groups excluding carboxylic acids is 1. The maximum atomic E-state index is 12.3. The summed E-state index contributed by atoms with van der Waals surface area (Å²) in [6.45, 7) is 3.82. The summed E-state index contributed by atoms with van der Waals surface area (Å²) in [5, 5.41) is 3.38. The molecule has 1 amide bonds. The molecule has 1 aromatic rings. The molecule has 0 saturated carbocycles. The van der Waals surface area contributed by atoms with E-state index in [-0.39, 0.29) is 24.2 Å². The van der Waals surface area contributed by atoms with E-state index >= 15 is 0 Å². The lowest BCUT2D eigenvalue weighted by Crippen LogP contribution is -2.42. The monoisotopic (exact) mass is 366 g/mol. The van der Waals surface area contributed by atoms with Crippen LogP contribution in [0.25, 0.3) is 0 Å². The van der Waals surface area contributed by atoms with Crippen molar-refractivity contribution in [1.82, 2.24) is 10.2 Å². The number of hydrogen-bond donors (Lipinski definition) is 1. The van der Waals surface area contributed by atoms with Gasteiger partial charge in [-0.1, -0.05) is 0 Å². The fraction of sp³-hybridized carbons (Fsp3) is 0.615. The van der Waals surface area contributed by atoms with Crippen LogP contribution in [-0.4, -0.2) is 30.4 Å². The van der Waals surface area contributed by atoms with Crippen molar-refractivity contribution in [2.45, 2.75) is 32.4 Å². The first-order valence-corrected chi connectivity index (χ1v) is 7.90. The van der Waals surface area contributed by atoms with Crippen molar-refractivity contribution in [2.75, 3.05) is 13.6 Å². The maximum Gasteiger partial charge on any atom is 0.225 e. The minimum Gasteiger partial charge on any atom is -0.340 e. The zero-order valence-electron chi connectivity index (χ0n) is 11.2. The summed E-state index contributed by atoms with van der Waals surface area (Å²) in [7, 11) is 1.91. The highest BCUT2D eigenvalue weighted by atomic mass is 79.9. The highest BCUT2D eigenvalue weighted by molar-refractivity contribution is 9.11. The average molecular weight is 368 g/mol. The smallest absolute Gasteiger partial charge is 0.225 e. The summed E-state index contributed by atoms with van der Waals surface area (Å²) in [5.41, 5.74) is 0. The zero-order valence-corrected chi connectivity index (χ0v) is 14.4. The van der Waals surface area contributed by atoms with Gasteiger partial charge in [-0.3, -0.25) is 4.79 Å². The second-order valence-electron chi connectivity index (χ2n) is 4.98. The van der Waals surface area contributed by atoms with Gasteiger partial charge in [0, 0.05) is 23.9 Å². The standard InChI is InChI=1S/C13H19BrN2OS.ClH/c1-9-7-10(5-6-15-9)13(17)16(2)8-11-3-4-12(14)18-11;/h3-4,9-10,15H,5-8H2,1-2H3;1H/t9-,10-;/m0./s1. The lowest BCUT2D eigenvalue weighted by molar-refractivity contribution is -0.135. The van der Waals surface area contributed by atoms with Crippen LogP contribution in [0.2, 0.25) is 0 Å². The van der Waals surface area contributed by atoms with Crippen molar-refractivity contribution in [3.8, 4) is 0 Å². The lowest BCUT2D eigenvalue weighted by Gasteiger charge is -2.30. The molecule has 1 aliphatic heterocycles. The molecule has 0 bridgehead atoms. The summed E-state index contributed by atoms with van der Waals surface area (Å²) in [5.74, 6) is 0.475. The van der Waals surface area contributed by atoms with Crippen molar-refractivity contribution < 1.29 is 4.79 Å². The summed E-state index contributed by atoms with van der Waals surface area (Å²) >= 11 is 5.14. The molecule has 1 saturated heterocycles. The van der Waals surface area contributed by atoms with Gasteiger partial charge in [-0.15, -0.1) is 23.7 Å². The highest BCUT2D eigenvalue weighted by Crippen LogP contribution is 2.24. The Morgan fingerprint density at radius 3 is 2.89 bits per heavy atom. The first-order valence-electron chi connectivity index (χ1n) is 6.29. The Balaban J connectivity index is 0.00000180. The Labute approximate surface area is 133 Å². The van der Waals surface area contributed by atoms with Crippen LogP contribution in [0.1, 0.15) is 24.6 Å². The molecule has 1 aliphatic rings. The van der Waals surface area contributed by atoms with Crippen molar-refractivity contribution >= 4 is 45.6 Å². The number of nitrogens with zero attached hydrogens (tertiary/aromatic N) is 1. The Bertz CT molecular complexity index is 427. The van der Waals surface area contributed by atoms with E-state index in [2.05, 4.69) is 34.2 Å². The number of nitrogens with one attached hydrogen (secondary N) is 1. The molecule has 3 nitrogen and oxygen atoms in total. The van der Waals surface area contributed by atoms with Gasteiger partial charge in [-0.05, 0) is 54.4 Å². The van der Waals surface area contributed by atoms with Gasteiger partial charge in [-0.2, -0.15) is 0 Å². The SMILES string of the molecule is C[C@H]1C[C@@H](C(=O)N(C)Cc2ccc(Br)s2)CCN1.Cl. The normalized spacial score (nSPS) is 22.7. The third-order valence-corrected chi connectivity index (χ3v) is 4.98. The molecule has 1 aromatic heterocycles. The molecule has 2 rings (SSSR count). The summed E-state index contributed by atoms with van der Waals surface area (Å²) < 4.78 is 1.12. The second kappa shape index (κ2) is 7.62. The topological polar surface area (TPSA) is 32.3 Å². The van der Waals surface area contributed by atoms with Crippen LogP contribution >= 0.6 is 39.7 Å². The molecule has 0 unspecified atom stereocenters. The number of piperidine rings is 1. The third-order valence-electron chi connectivity index (χ3n) is 3.37. The lowest BCUT2D eigenvalue weighted by atomic mass is 9.92. The molecule has 1 N–H and O–H groups in total. The molecule has 6 heteroatoms. The molecule has 0 spiro atoms. The van der Waals surface area contributed by atoms with Crippen LogP contribution in [0.3, 0.4) is 0 Å². The van der Waals surface area contributed by atoms with Crippen molar-refractivity contribution in [3.05, 3.63) is 20.8 Å². The van der Waals surface area contributed by atoms with Gasteiger partial charge < -0.3 is 10.2 Å². The van der Waals surface area contributed by atoms with E-state index in [1.807, 2.05) is 18.0 Å². The fourth-order valence-electron chi connectivity index (χ4n) is 2.42. The molecule has 0 radical (unpaired) electrons. The first kappa shape index (κ1) is 17.0. The van der Waals surface area contributed by atoms with E-state index in [1.165, 1.54) is 4.88 Å². The van der Waals surface area contributed by atoms with E-state index in [9.17, 15) is 4.79 Å². The molecule has 0 aliphatic carbocycles. The van der Waals surface area contributed by atoms with Crippen LogP contribution in [0.15, 0.2) is 15.9 Å². The Kier molecular flexibility index (Phi) is 6.80. The van der Waals surface area contributed by atoms with Crippen molar-refractivity contribution in [1.29, 1.82) is 0 Å². The van der Waals surface area contributed by atoms with Crippen LogP contribution < -0.4 is 5.32 Å². The zero-order chi connectivity index (χ0) is 13.1. The number of thiophene rings is 1. The summed E-state index contributed by atoms with van der Waals surface area (Å²) in [4.78, 5) is 15.4. The summed E-state index contributed by atoms with van der Waals surface area (Å²) in [6.07, 6.45) is 1.92. The Morgan fingerprint density at radius 1 is 1.58 bits per heavy atom. The maximum absolute atomic E-state index is 12.3. The van der Waals surface area contributed by atoms with Crippen LogP contribution in [0, 0.1) is 5.92 Å². The van der Waals surface area contributed by atoms with E-state index in [1.54, 1.807) is 11.3 Å². The minimum absolute atomic E-state index is 0. The average Bonchev–Trinajstić information content (AvgIpc) is 2.73. The van der Waals surface area contributed by atoms with Gasteiger partial charge in [0.15, 0.2) is 0 Å². The molecule has 19 heavy (non-hydrogen) atoms. The van der Waals surface area contributed by atoms with Gasteiger partial charge >= 0.3 is 0 Å². The molecule has 0 aromatic carbocycles. The van der Waals surface area contributed by atoms with E-state index in [0.29, 0.717) is 12.6 Å². The highest BCUT2D eigenvalue weighted by Gasteiger charge is 2.27. The first-order chi connectivity index (χ1) is 8.56. The second-order valence-corrected chi connectivity index (χ2v) is 7.52. The van der Waals surface area contributed by atoms with Crippen LogP contribution in [0.4, 0.5) is 0 Å². The predicted octanol–water partition coefficient (Wildman–Crippen LogP) is 3.28. The predicted molar refractivity (Wildman–Crippen MR) is 85.9 cm³/mol. The molecule has 2 heterocycles. The van der Waals surface area contributed by atoms with Gasteiger partial charge in [0.25, 0.3) is 0 Å². The number of hydrogen-bond acceptors (Lipinski definition) is 3. The van der Waals surface area contributed by atoms with Gasteiger partial charge in [0.1, 0.15) is 0 Å². The Hall–Kier alpha value is -0.100. The molecule has 108 valence electrons. The summed E-state index contributed by atoms with van der Waals surface area (Å²) in [6, 6.07) is 4.56. The van der Waals surface area contributed by atoms with Crippen molar-refractivity contribution in [2.24, 2.45) is 5.92 Å². The molecule has 2 atom stereocenters. The molecule has 1 fully saturated rings. The minimum atomic E-state index is 0. The number of amides is 1. The number of halogens is 2.